The molecule has 1 aromatic carbocycles. The number of benzene rings is 1. The Morgan fingerprint density at radius 2 is 1.16 bits per heavy atom. The number of thioether (sulfide) groups is 1. The van der Waals surface area contributed by atoms with Crippen LogP contribution in [-0.2, 0) is 64.0 Å². The molecule has 31 heteroatoms. The van der Waals surface area contributed by atoms with Crippen LogP contribution in [0, 0.1) is 5.92 Å². The number of fused-ring (bicyclic) bond motifs is 1. The zero-order valence-corrected chi connectivity index (χ0v) is 47.9. The fourth-order valence-electron chi connectivity index (χ4n) is 9.56. The fourth-order valence-corrected chi connectivity index (χ4v) is 10.0. The summed E-state index contributed by atoms with van der Waals surface area (Å²) in [6, 6.07) is 0.790. The summed E-state index contributed by atoms with van der Waals surface area (Å²) in [6.07, 6.45) is 2.70. The normalized spacial score (nSPS) is 17.8. The Morgan fingerprint density at radius 1 is 0.639 bits per heavy atom. The van der Waals surface area contributed by atoms with Gasteiger partial charge in [0.2, 0.25) is 47.3 Å². The maximum absolute atomic E-state index is 14.2. The molecular formula is C52H79N13O17S. The van der Waals surface area contributed by atoms with Gasteiger partial charge in [-0.25, -0.2) is 4.79 Å². The Balaban J connectivity index is 1.46. The molecule has 0 saturated carbocycles. The van der Waals surface area contributed by atoms with E-state index in [-0.39, 0.29) is 83.4 Å². The number of hydrogen-bond acceptors (Lipinski definition) is 18. The number of carboxylic acid groups (broad SMARTS) is 4. The smallest absolute Gasteiger partial charge is 0.341 e. The highest BCUT2D eigenvalue weighted by molar-refractivity contribution is 7.98. The molecule has 460 valence electrons. The van der Waals surface area contributed by atoms with Crippen LogP contribution in [0.4, 0.5) is 0 Å². The number of amides is 8. The lowest BCUT2D eigenvalue weighted by Gasteiger charge is -2.35. The summed E-state index contributed by atoms with van der Waals surface area (Å²) in [5.74, 6) is -11.0. The summed E-state index contributed by atoms with van der Waals surface area (Å²) in [7, 11) is 0. The minimum absolute atomic E-state index is 0.0381. The van der Waals surface area contributed by atoms with Crippen LogP contribution in [0.3, 0.4) is 0 Å². The van der Waals surface area contributed by atoms with Gasteiger partial charge in [0.05, 0.1) is 39.3 Å². The number of likely N-dealkylation sites (tertiary alicyclic amines) is 1. The summed E-state index contributed by atoms with van der Waals surface area (Å²) in [5.41, 5.74) is 1.24. The van der Waals surface area contributed by atoms with Gasteiger partial charge in [-0.2, -0.15) is 11.8 Å². The Morgan fingerprint density at radius 3 is 1.67 bits per heavy atom. The molecule has 3 heterocycles. The lowest BCUT2D eigenvalue weighted by Crippen LogP contribution is -2.60. The van der Waals surface area contributed by atoms with Gasteiger partial charge in [-0.1, -0.05) is 32.0 Å². The van der Waals surface area contributed by atoms with Crippen LogP contribution in [0.25, 0.3) is 10.9 Å². The van der Waals surface area contributed by atoms with Crippen molar-refractivity contribution in [3.8, 4) is 0 Å². The van der Waals surface area contributed by atoms with Gasteiger partial charge in [0.25, 0.3) is 0 Å². The van der Waals surface area contributed by atoms with Gasteiger partial charge < -0.3 is 72.6 Å². The molecule has 0 unspecified atom stereocenters. The summed E-state index contributed by atoms with van der Waals surface area (Å²) < 4.78 is 0. The van der Waals surface area contributed by atoms with Crippen molar-refractivity contribution in [1.82, 2.24) is 66.7 Å². The molecule has 2 saturated heterocycles. The van der Waals surface area contributed by atoms with E-state index in [1.54, 1.807) is 36.7 Å². The molecule has 4 rings (SSSR count). The second-order valence-electron chi connectivity index (χ2n) is 20.6. The highest BCUT2D eigenvalue weighted by atomic mass is 32.2. The van der Waals surface area contributed by atoms with E-state index in [1.165, 1.54) is 43.2 Å². The van der Waals surface area contributed by atoms with Crippen molar-refractivity contribution in [2.75, 3.05) is 110 Å². The number of carbonyl (C=O) groups excluding carboxylic acids is 8. The minimum atomic E-state index is -1.81. The number of aliphatic carboxylic acids is 4. The van der Waals surface area contributed by atoms with Gasteiger partial charge in [-0.15, -0.1) is 0 Å². The standard InChI is InChI=1S/C52H79N13O17S/c1-31(2)22-37(58-51(80)40-10-7-12-65(40)32(3)67)47(76)54-25-41(68)56-36(11-21-83-4)49(78)57-38(23-33-24-53-35-9-6-5-8-34(33)35)50(79)59-39(30-66)48(77)55-26-42(69)60-46(52(81)82)64-19-17-62(28-44(72)73)15-13-61(27-43(70)71)14-16-63(18-20-64)29-45(74)75/h5-6,8-9,24,31,36-40,46,53,66H,7,10-23,25-30H2,1-4H3,(H,54,76)(H,55,77)(H,56,68)(H,57,78)(H,58,80)(H,59,79)(H,60,69)(H,70,71)(H,72,73)(H,74,75)(H,81,82)/t36-,37-,38-,39-,40-,46-/m0/s1. The average molecular weight is 1190 g/mol. The van der Waals surface area contributed by atoms with E-state index in [0.29, 0.717) is 41.6 Å². The van der Waals surface area contributed by atoms with Crippen LogP contribution in [0.5, 0.6) is 0 Å². The molecule has 2 aliphatic rings. The Bertz CT molecular complexity index is 2570. The lowest BCUT2D eigenvalue weighted by molar-refractivity contribution is -0.148. The zero-order valence-electron chi connectivity index (χ0n) is 47.1. The topological polar surface area (TPSA) is 422 Å². The Kier molecular flexibility index (Phi) is 28.1. The molecule has 0 bridgehead atoms. The molecule has 8 amide bonds. The van der Waals surface area contributed by atoms with Gasteiger partial charge in [0.15, 0.2) is 6.17 Å². The number of carboxylic acids is 4. The van der Waals surface area contributed by atoms with E-state index in [4.69, 9.17) is 0 Å². The summed E-state index contributed by atoms with van der Waals surface area (Å²) >= 11 is 1.36. The number of aliphatic hydroxyl groups excluding tert-OH is 1. The van der Waals surface area contributed by atoms with Crippen molar-refractivity contribution >= 4 is 93.8 Å². The third kappa shape index (κ3) is 23.0. The Hall–Kier alpha value is -7.45. The van der Waals surface area contributed by atoms with Crippen molar-refractivity contribution in [3.05, 3.63) is 36.0 Å². The predicted molar refractivity (Wildman–Crippen MR) is 299 cm³/mol. The van der Waals surface area contributed by atoms with Gasteiger partial charge >= 0.3 is 23.9 Å². The minimum Gasteiger partial charge on any atom is -0.480 e. The SMILES string of the molecule is CSCC[C@H](NC(=O)CNC(=O)[C@H](CC(C)C)NC(=O)[C@@H]1CCCN1C(C)=O)C(=O)N[C@@H](Cc1c[nH]c2ccccc12)C(=O)N[C@@H](CO)C(=O)NCC(=O)N[C@H](C(=O)O)N1CCN(CC(=O)O)CCN(CC(=O)O)CCN(CC(=O)O)CC1. The van der Waals surface area contributed by atoms with Gasteiger partial charge in [-0.05, 0) is 55.2 Å². The first-order valence-corrected chi connectivity index (χ1v) is 28.5. The number of H-pyrrole nitrogens is 1. The van der Waals surface area contributed by atoms with E-state index in [1.807, 2.05) is 13.8 Å². The average Bonchev–Trinajstić information content (AvgIpc) is 4.34. The number of carbonyl (C=O) groups is 12. The van der Waals surface area contributed by atoms with Gasteiger partial charge in [-0.3, -0.25) is 72.3 Å². The fraction of sp³-hybridized carbons (Fsp3) is 0.615. The predicted octanol–water partition coefficient (Wildman–Crippen LogP) is -4.31. The summed E-state index contributed by atoms with van der Waals surface area (Å²) in [5, 5.41) is 67.5. The molecule has 2 fully saturated rings. The van der Waals surface area contributed by atoms with E-state index in [2.05, 4.69) is 42.2 Å². The number of aromatic nitrogens is 1. The van der Waals surface area contributed by atoms with Gasteiger partial charge in [0.1, 0.15) is 30.2 Å². The van der Waals surface area contributed by atoms with E-state index in [9.17, 15) is 83.1 Å². The van der Waals surface area contributed by atoms with Crippen LogP contribution >= 0.6 is 11.8 Å². The number of para-hydroxylation sites is 1. The highest BCUT2D eigenvalue weighted by Crippen LogP contribution is 2.21. The number of nitrogens with one attached hydrogen (secondary N) is 8. The molecule has 2 aromatic rings. The molecule has 0 aliphatic carbocycles. The zero-order chi connectivity index (χ0) is 61.3. The third-order valence-electron chi connectivity index (χ3n) is 13.8. The highest BCUT2D eigenvalue weighted by Gasteiger charge is 2.36. The third-order valence-corrected chi connectivity index (χ3v) is 14.4. The number of rotatable bonds is 30. The first-order valence-electron chi connectivity index (χ1n) is 27.2. The van der Waals surface area contributed by atoms with Crippen molar-refractivity contribution in [1.29, 1.82) is 0 Å². The molecule has 83 heavy (non-hydrogen) atoms. The largest absolute Gasteiger partial charge is 0.480 e. The summed E-state index contributed by atoms with van der Waals surface area (Å²) in [4.78, 5) is 166. The van der Waals surface area contributed by atoms with Crippen LogP contribution in [0.2, 0.25) is 0 Å². The van der Waals surface area contributed by atoms with Crippen molar-refractivity contribution in [2.24, 2.45) is 5.92 Å². The second kappa shape index (κ2) is 34.2. The maximum Gasteiger partial charge on any atom is 0.341 e. The molecular weight excluding hydrogens is 1110 g/mol. The number of aliphatic hydroxyl groups is 1. The Labute approximate surface area is 483 Å². The first kappa shape index (κ1) is 68.1. The molecule has 0 radical (unpaired) electrons. The molecule has 30 nitrogen and oxygen atoms in total. The van der Waals surface area contributed by atoms with Crippen molar-refractivity contribution in [3.63, 3.8) is 0 Å². The van der Waals surface area contributed by atoms with Crippen molar-refractivity contribution in [2.45, 2.75) is 89.3 Å². The molecule has 1 aromatic heterocycles. The number of hydrogen-bond donors (Lipinski definition) is 13. The van der Waals surface area contributed by atoms with Crippen LogP contribution < -0.4 is 37.2 Å². The summed E-state index contributed by atoms with van der Waals surface area (Å²) in [6.45, 7) is 1.25. The van der Waals surface area contributed by atoms with E-state index < -0.39 is 141 Å². The molecule has 2 aliphatic heterocycles. The van der Waals surface area contributed by atoms with E-state index in [0.717, 1.165) is 0 Å². The molecule has 0 spiro atoms. The quantitative estimate of drug-likeness (QED) is 0.0352. The van der Waals surface area contributed by atoms with Crippen LogP contribution in [0.1, 0.15) is 52.0 Å². The monoisotopic (exact) mass is 1190 g/mol. The van der Waals surface area contributed by atoms with Gasteiger partial charge in [0, 0.05) is 89.3 Å². The number of aromatic amines is 1. The van der Waals surface area contributed by atoms with E-state index >= 15 is 0 Å². The van der Waals surface area contributed by atoms with Crippen molar-refractivity contribution < 1.29 is 83.1 Å². The molecule has 6 atom stereocenters. The van der Waals surface area contributed by atoms with Crippen LogP contribution in [0.15, 0.2) is 30.5 Å². The lowest BCUT2D eigenvalue weighted by atomic mass is 10.0. The second-order valence-corrected chi connectivity index (χ2v) is 21.6. The first-order chi connectivity index (χ1) is 39.4. The maximum atomic E-state index is 14.2. The molecule has 13 N–H and O–H groups in total. The number of nitrogens with zero attached hydrogens (tertiary/aromatic N) is 5. The van der Waals surface area contributed by atoms with Crippen LogP contribution in [-0.4, -0.2) is 273 Å².